The van der Waals surface area contributed by atoms with Crippen LogP contribution in [-0.4, -0.2) is 71.2 Å². The molecule has 196 valence electrons. The number of nitrogens with one attached hydrogen (secondary N) is 1. The van der Waals surface area contributed by atoms with Gasteiger partial charge in [-0.05, 0) is 55.5 Å². The second kappa shape index (κ2) is 9.96. The zero-order valence-corrected chi connectivity index (χ0v) is 21.0. The Kier molecular flexibility index (Phi) is 6.52. The molecule has 2 aromatic rings. The zero-order chi connectivity index (χ0) is 25.5. The Bertz CT molecular complexity index is 1180. The van der Waals surface area contributed by atoms with Crippen LogP contribution in [0.25, 0.3) is 0 Å². The van der Waals surface area contributed by atoms with Crippen molar-refractivity contribution in [2.75, 3.05) is 20.2 Å². The number of rotatable bonds is 7. The van der Waals surface area contributed by atoms with Gasteiger partial charge in [-0.1, -0.05) is 18.2 Å². The Hall–Kier alpha value is -3.14. The van der Waals surface area contributed by atoms with E-state index in [1.807, 2.05) is 42.5 Å². The molecule has 37 heavy (non-hydrogen) atoms. The summed E-state index contributed by atoms with van der Waals surface area (Å²) in [4.78, 5) is 28.1. The molecular formula is C28H33N3O6. The highest BCUT2D eigenvalue weighted by molar-refractivity contribution is 6.00. The maximum atomic E-state index is 12.3. The van der Waals surface area contributed by atoms with E-state index in [0.29, 0.717) is 19.0 Å². The molecule has 2 saturated heterocycles. The monoisotopic (exact) mass is 507 g/mol. The van der Waals surface area contributed by atoms with Gasteiger partial charge in [-0.25, -0.2) is 0 Å². The normalized spacial score (nSPS) is 28.5. The van der Waals surface area contributed by atoms with E-state index in [4.69, 9.17) is 14.2 Å². The second-order valence-corrected chi connectivity index (χ2v) is 10.4. The largest absolute Gasteiger partial charge is 0.493 e. The fourth-order valence-electron chi connectivity index (χ4n) is 6.13. The average Bonchev–Trinajstić information content (AvgIpc) is 3.45. The molecule has 2 unspecified atom stereocenters. The van der Waals surface area contributed by atoms with Gasteiger partial charge in [-0.15, -0.1) is 0 Å². The summed E-state index contributed by atoms with van der Waals surface area (Å²) >= 11 is 0. The van der Waals surface area contributed by atoms with Gasteiger partial charge >= 0.3 is 0 Å². The Balaban J connectivity index is 1.07. The number of carbonyl (C=O) groups excluding carboxylic acids is 2. The predicted molar refractivity (Wildman–Crippen MR) is 134 cm³/mol. The number of aliphatic hydroxyl groups excluding tert-OH is 1. The van der Waals surface area contributed by atoms with Crippen molar-refractivity contribution in [2.24, 2.45) is 0 Å². The van der Waals surface area contributed by atoms with Crippen molar-refractivity contribution in [1.29, 1.82) is 0 Å². The van der Waals surface area contributed by atoms with Crippen LogP contribution >= 0.6 is 0 Å². The summed E-state index contributed by atoms with van der Waals surface area (Å²) in [7, 11) is 1.65. The van der Waals surface area contributed by atoms with E-state index in [9.17, 15) is 14.7 Å². The van der Waals surface area contributed by atoms with Crippen molar-refractivity contribution in [3.63, 3.8) is 0 Å². The van der Waals surface area contributed by atoms with Crippen LogP contribution in [-0.2, 0) is 16.1 Å². The number of carbonyl (C=O) groups is 2. The van der Waals surface area contributed by atoms with E-state index in [1.165, 1.54) is 0 Å². The molecule has 1 aliphatic carbocycles. The molecule has 2 aromatic carbocycles. The van der Waals surface area contributed by atoms with Crippen LogP contribution in [0.4, 0.5) is 0 Å². The minimum Gasteiger partial charge on any atom is -0.493 e. The lowest BCUT2D eigenvalue weighted by Gasteiger charge is -2.44. The number of amides is 2. The van der Waals surface area contributed by atoms with Crippen molar-refractivity contribution in [3.05, 3.63) is 53.6 Å². The summed E-state index contributed by atoms with van der Waals surface area (Å²) in [5.74, 6) is 1.72. The van der Waals surface area contributed by atoms with Crippen molar-refractivity contribution in [1.82, 2.24) is 15.1 Å². The Morgan fingerprint density at radius 1 is 1.00 bits per heavy atom. The van der Waals surface area contributed by atoms with Gasteiger partial charge in [0, 0.05) is 37.7 Å². The molecule has 1 saturated carbocycles. The van der Waals surface area contributed by atoms with Crippen molar-refractivity contribution >= 4 is 11.8 Å². The Morgan fingerprint density at radius 2 is 1.81 bits per heavy atom. The molecule has 2 N–H and O–H groups in total. The van der Waals surface area contributed by atoms with Crippen LogP contribution in [0, 0.1) is 0 Å². The fraction of sp³-hybridized carbons (Fsp3) is 0.500. The van der Waals surface area contributed by atoms with Gasteiger partial charge in [0.25, 0.3) is 0 Å². The molecule has 0 spiro atoms. The summed E-state index contributed by atoms with van der Waals surface area (Å²) in [6.45, 7) is 2.17. The van der Waals surface area contributed by atoms with Crippen LogP contribution < -0.4 is 19.5 Å². The van der Waals surface area contributed by atoms with E-state index in [0.717, 1.165) is 60.7 Å². The number of nitrogens with zero attached hydrogens (tertiary/aromatic N) is 2. The van der Waals surface area contributed by atoms with Crippen LogP contribution in [0.1, 0.15) is 49.5 Å². The lowest BCUT2D eigenvalue weighted by Crippen LogP contribution is -2.60. The first kappa shape index (κ1) is 24.2. The van der Waals surface area contributed by atoms with Crippen molar-refractivity contribution in [2.45, 2.75) is 69.2 Å². The van der Waals surface area contributed by atoms with Gasteiger partial charge in [0.05, 0.1) is 13.2 Å². The fourth-order valence-corrected chi connectivity index (χ4v) is 6.13. The second-order valence-electron chi connectivity index (χ2n) is 10.4. The molecule has 0 bridgehead atoms. The summed E-state index contributed by atoms with van der Waals surface area (Å²) in [6.07, 6.45) is 3.29. The quantitative estimate of drug-likeness (QED) is 0.551. The van der Waals surface area contributed by atoms with Gasteiger partial charge < -0.3 is 19.3 Å². The number of piperidine rings is 1. The molecule has 3 fully saturated rings. The highest BCUT2D eigenvalue weighted by atomic mass is 16.5. The number of hydrogen-bond donors (Lipinski definition) is 2. The van der Waals surface area contributed by atoms with Gasteiger partial charge in [-0.3, -0.25) is 24.7 Å². The molecule has 2 amide bonds. The highest BCUT2D eigenvalue weighted by Crippen LogP contribution is 2.39. The number of fused-ring (bicyclic) bond motifs is 1. The maximum Gasteiger partial charge on any atom is 0.244 e. The first-order chi connectivity index (χ1) is 18.0. The number of methoxy groups -OCH3 is 1. The first-order valence-corrected chi connectivity index (χ1v) is 13.1. The molecule has 0 radical (unpaired) electrons. The first-order valence-electron chi connectivity index (χ1n) is 13.1. The SMILES string of the molecule is COc1ccccc1OC1CN([C@H]2CCC[C@@H]2Oc2ccc3c(c2)CN(C2CCC(=O)NC2=O)C3O)C1. The van der Waals surface area contributed by atoms with Gasteiger partial charge in [0.2, 0.25) is 11.8 Å². The molecule has 0 aromatic heterocycles. The number of imide groups is 1. The minimum atomic E-state index is -0.867. The predicted octanol–water partition coefficient (Wildman–Crippen LogP) is 2.37. The minimum absolute atomic E-state index is 0.0998. The van der Waals surface area contributed by atoms with E-state index < -0.39 is 12.3 Å². The molecular weight excluding hydrogens is 474 g/mol. The Morgan fingerprint density at radius 3 is 2.59 bits per heavy atom. The standard InChI is InChI=1S/C28H33N3O6/c1-35-24-6-2-3-7-25(24)37-19-15-30(16-19)21-5-4-8-23(21)36-18-9-10-20-17(13-18)14-31(28(20)34)22-11-12-26(32)29-27(22)33/h2-3,6-7,9-10,13,19,21-23,28,34H,4-5,8,11-12,14-16H2,1H3,(H,29,32,33)/t21-,22?,23-,28?/m0/s1. The molecule has 3 aliphatic heterocycles. The third kappa shape index (κ3) is 4.67. The summed E-state index contributed by atoms with van der Waals surface area (Å²) in [5.41, 5.74) is 1.75. The van der Waals surface area contributed by atoms with Crippen molar-refractivity contribution < 1.29 is 28.9 Å². The highest BCUT2D eigenvalue weighted by Gasteiger charge is 2.42. The van der Waals surface area contributed by atoms with Gasteiger partial charge in [-0.2, -0.15) is 0 Å². The van der Waals surface area contributed by atoms with Gasteiger partial charge in [0.15, 0.2) is 11.5 Å². The average molecular weight is 508 g/mol. The number of benzene rings is 2. The summed E-state index contributed by atoms with van der Waals surface area (Å²) in [5, 5.41) is 13.3. The number of aliphatic hydroxyl groups is 1. The molecule has 6 rings (SSSR count). The summed E-state index contributed by atoms with van der Waals surface area (Å²) in [6, 6.07) is 13.4. The van der Waals surface area contributed by atoms with Crippen molar-refractivity contribution in [3.8, 4) is 17.2 Å². The maximum absolute atomic E-state index is 12.3. The number of ether oxygens (including phenoxy) is 3. The number of hydrogen-bond acceptors (Lipinski definition) is 8. The molecule has 9 heteroatoms. The molecule has 3 heterocycles. The van der Waals surface area contributed by atoms with Crippen LogP contribution in [0.3, 0.4) is 0 Å². The molecule has 4 aliphatic rings. The number of para-hydroxylation sites is 2. The molecule has 4 atom stereocenters. The molecule has 9 nitrogen and oxygen atoms in total. The van der Waals surface area contributed by atoms with E-state index in [-0.39, 0.29) is 30.4 Å². The van der Waals surface area contributed by atoms with Crippen LogP contribution in [0.5, 0.6) is 17.2 Å². The number of likely N-dealkylation sites (tertiary alicyclic amines) is 1. The van der Waals surface area contributed by atoms with Crippen LogP contribution in [0.15, 0.2) is 42.5 Å². The third-order valence-electron chi connectivity index (χ3n) is 8.08. The van der Waals surface area contributed by atoms with E-state index in [1.54, 1.807) is 12.0 Å². The Labute approximate surface area is 216 Å². The lowest BCUT2D eigenvalue weighted by molar-refractivity contribution is -0.141. The third-order valence-corrected chi connectivity index (χ3v) is 8.08. The van der Waals surface area contributed by atoms with E-state index in [2.05, 4.69) is 10.2 Å². The summed E-state index contributed by atoms with van der Waals surface area (Å²) < 4.78 is 18.1. The van der Waals surface area contributed by atoms with Crippen LogP contribution in [0.2, 0.25) is 0 Å². The lowest BCUT2D eigenvalue weighted by atomic mass is 10.0. The van der Waals surface area contributed by atoms with E-state index >= 15 is 0 Å². The van der Waals surface area contributed by atoms with Gasteiger partial charge in [0.1, 0.15) is 24.2 Å². The smallest absolute Gasteiger partial charge is 0.244 e. The topological polar surface area (TPSA) is 101 Å². The zero-order valence-electron chi connectivity index (χ0n) is 21.0.